The molecule has 1 aliphatic heterocycles. The van der Waals surface area contributed by atoms with Crippen LogP contribution in [0.4, 0.5) is 0 Å². The lowest BCUT2D eigenvalue weighted by atomic mass is 9.90. The average Bonchev–Trinajstić information content (AvgIpc) is 2.98. The molecule has 1 aromatic carbocycles. The van der Waals surface area contributed by atoms with Crippen LogP contribution in [0.1, 0.15) is 29.1 Å². The van der Waals surface area contributed by atoms with Crippen LogP contribution in [0.5, 0.6) is 0 Å². The van der Waals surface area contributed by atoms with Crippen LogP contribution in [-0.4, -0.2) is 40.8 Å². The van der Waals surface area contributed by atoms with Crippen molar-refractivity contribution in [3.63, 3.8) is 0 Å². The quantitative estimate of drug-likeness (QED) is 0.450. The van der Waals surface area contributed by atoms with E-state index >= 15 is 0 Å². The summed E-state index contributed by atoms with van der Waals surface area (Å²) in [7, 11) is 0. The average molecular weight is 331 g/mol. The number of piperidine rings is 1. The molecule has 0 bridgehead atoms. The summed E-state index contributed by atoms with van der Waals surface area (Å²) in [5.41, 5.74) is 12.5. The molecule has 0 spiro atoms. The van der Waals surface area contributed by atoms with Crippen LogP contribution in [0.15, 0.2) is 24.3 Å². The summed E-state index contributed by atoms with van der Waals surface area (Å²) in [5.74, 6) is 0.299. The predicted octanol–water partition coefficient (Wildman–Crippen LogP) is 1.80. The molecule has 122 valence electrons. The molecule has 5 N–H and O–H groups in total. The van der Waals surface area contributed by atoms with Crippen LogP contribution in [-0.2, 0) is 0 Å². The smallest absolute Gasteiger partial charge is 0.208 e. The molecule has 1 aliphatic rings. The van der Waals surface area contributed by atoms with Gasteiger partial charge in [0.25, 0.3) is 0 Å². The lowest BCUT2D eigenvalue weighted by molar-refractivity contribution is 0.0940. The third-order valence-electron chi connectivity index (χ3n) is 4.29. The largest absolute Gasteiger partial charge is 0.370 e. The number of guanidine groups is 1. The number of thiazole rings is 1. The fourth-order valence-corrected chi connectivity index (χ4v) is 4.05. The number of nitrogens with one attached hydrogen (secondary N) is 1. The molecule has 0 saturated carbocycles. The van der Waals surface area contributed by atoms with Crippen molar-refractivity contribution in [2.24, 2.45) is 17.4 Å². The Labute approximate surface area is 139 Å². The van der Waals surface area contributed by atoms with Crippen LogP contribution in [0.3, 0.4) is 0 Å². The molecule has 2 unspecified atom stereocenters. The van der Waals surface area contributed by atoms with E-state index in [0.29, 0.717) is 23.9 Å². The van der Waals surface area contributed by atoms with Crippen LogP contribution in [0.2, 0.25) is 0 Å². The number of rotatable bonds is 4. The molecule has 2 aromatic rings. The molecule has 1 saturated heterocycles. The first kappa shape index (κ1) is 15.9. The van der Waals surface area contributed by atoms with Crippen molar-refractivity contribution in [3.05, 3.63) is 29.3 Å². The number of para-hydroxylation sites is 1. The normalized spacial score (nSPS) is 19.7. The maximum atomic E-state index is 12.5. The zero-order valence-electron chi connectivity index (χ0n) is 12.9. The van der Waals surface area contributed by atoms with E-state index in [9.17, 15) is 4.79 Å². The summed E-state index contributed by atoms with van der Waals surface area (Å²) in [6.07, 6.45) is 2.61. The van der Waals surface area contributed by atoms with Crippen molar-refractivity contribution in [1.82, 2.24) is 9.88 Å². The monoisotopic (exact) mass is 331 g/mol. The van der Waals surface area contributed by atoms with Gasteiger partial charge in [0.15, 0.2) is 11.0 Å². The minimum absolute atomic E-state index is 0.0915. The third kappa shape index (κ3) is 3.51. The van der Waals surface area contributed by atoms with Gasteiger partial charge in [0.1, 0.15) is 0 Å². The Hall–Kier alpha value is -1.99. The first-order valence-corrected chi connectivity index (χ1v) is 8.60. The summed E-state index contributed by atoms with van der Waals surface area (Å²) in [5, 5.41) is 8.02. The molecule has 1 fully saturated rings. The van der Waals surface area contributed by atoms with E-state index in [0.717, 1.165) is 29.6 Å². The van der Waals surface area contributed by atoms with E-state index in [1.54, 1.807) is 0 Å². The van der Waals surface area contributed by atoms with Gasteiger partial charge in [0.2, 0.25) is 5.78 Å². The molecule has 0 amide bonds. The van der Waals surface area contributed by atoms with Gasteiger partial charge in [0, 0.05) is 13.1 Å². The molecule has 23 heavy (non-hydrogen) atoms. The zero-order valence-corrected chi connectivity index (χ0v) is 13.7. The molecule has 0 aliphatic carbocycles. The number of fused-ring (bicyclic) bond motifs is 1. The molecular formula is C16H21N5OS. The fourth-order valence-electron chi connectivity index (χ4n) is 3.08. The second-order valence-corrected chi connectivity index (χ2v) is 7.06. The lowest BCUT2D eigenvalue weighted by Gasteiger charge is -2.33. The number of hydrogen-bond donors (Lipinski definition) is 3. The third-order valence-corrected chi connectivity index (χ3v) is 5.34. The van der Waals surface area contributed by atoms with Crippen molar-refractivity contribution in [3.8, 4) is 0 Å². The molecule has 2 atom stereocenters. The Kier molecular flexibility index (Phi) is 4.58. The number of aromatic nitrogens is 1. The predicted molar refractivity (Wildman–Crippen MR) is 92.8 cm³/mol. The van der Waals surface area contributed by atoms with Crippen molar-refractivity contribution >= 4 is 33.3 Å². The first-order chi connectivity index (χ1) is 11.0. The van der Waals surface area contributed by atoms with Crippen molar-refractivity contribution < 1.29 is 4.79 Å². The Balaban J connectivity index is 1.66. The van der Waals surface area contributed by atoms with Gasteiger partial charge < -0.3 is 16.4 Å². The summed E-state index contributed by atoms with van der Waals surface area (Å²) in [4.78, 5) is 18.8. The lowest BCUT2D eigenvalue weighted by Crippen LogP contribution is -2.45. The molecule has 3 rings (SSSR count). The SMILES string of the molecule is N=C(N)N1CCCC(CC(N)C(=O)c2nc3ccccc3s2)C1. The van der Waals surface area contributed by atoms with Gasteiger partial charge in [-0.2, -0.15) is 0 Å². The molecule has 0 radical (unpaired) electrons. The second-order valence-electron chi connectivity index (χ2n) is 6.03. The van der Waals surface area contributed by atoms with Crippen molar-refractivity contribution in [2.45, 2.75) is 25.3 Å². The van der Waals surface area contributed by atoms with Gasteiger partial charge in [-0.3, -0.25) is 10.2 Å². The number of likely N-dealkylation sites (tertiary alicyclic amines) is 1. The zero-order chi connectivity index (χ0) is 16.4. The van der Waals surface area contributed by atoms with Gasteiger partial charge in [0.05, 0.1) is 16.3 Å². The number of hydrogen-bond acceptors (Lipinski definition) is 5. The van der Waals surface area contributed by atoms with E-state index in [1.165, 1.54) is 11.3 Å². The second kappa shape index (κ2) is 6.64. The number of nitrogens with zero attached hydrogens (tertiary/aromatic N) is 2. The fraction of sp³-hybridized carbons (Fsp3) is 0.438. The summed E-state index contributed by atoms with van der Waals surface area (Å²) in [6.45, 7) is 1.52. The molecular weight excluding hydrogens is 310 g/mol. The maximum Gasteiger partial charge on any atom is 0.208 e. The Morgan fingerprint density at radius 1 is 1.48 bits per heavy atom. The Morgan fingerprint density at radius 2 is 2.26 bits per heavy atom. The number of nitrogens with two attached hydrogens (primary N) is 2. The first-order valence-electron chi connectivity index (χ1n) is 7.79. The Morgan fingerprint density at radius 3 is 3.00 bits per heavy atom. The van der Waals surface area contributed by atoms with Gasteiger partial charge in [-0.1, -0.05) is 12.1 Å². The van der Waals surface area contributed by atoms with E-state index in [1.807, 2.05) is 29.2 Å². The van der Waals surface area contributed by atoms with Gasteiger partial charge in [-0.15, -0.1) is 11.3 Å². The van der Waals surface area contributed by atoms with Crippen molar-refractivity contribution in [1.29, 1.82) is 5.41 Å². The summed E-state index contributed by atoms with van der Waals surface area (Å²) in [6, 6.07) is 7.16. The maximum absolute atomic E-state index is 12.5. The number of carbonyl (C=O) groups is 1. The number of benzene rings is 1. The van der Waals surface area contributed by atoms with E-state index in [2.05, 4.69) is 4.98 Å². The van der Waals surface area contributed by atoms with Crippen LogP contribution in [0.25, 0.3) is 10.2 Å². The van der Waals surface area contributed by atoms with Crippen molar-refractivity contribution in [2.75, 3.05) is 13.1 Å². The number of Topliss-reactive ketones (excluding diaryl/α,β-unsaturated/α-hetero) is 1. The molecule has 2 heterocycles. The standard InChI is InChI=1S/C16H21N5OS/c17-11(8-10-4-3-7-21(9-10)16(18)19)14(22)15-20-12-5-1-2-6-13(12)23-15/h1-2,5-6,10-11H,3-4,7-9,17H2,(H3,18,19). The summed E-state index contributed by atoms with van der Waals surface area (Å²) < 4.78 is 1.00. The minimum Gasteiger partial charge on any atom is -0.370 e. The van der Waals surface area contributed by atoms with Gasteiger partial charge in [-0.25, -0.2) is 4.98 Å². The molecule has 1 aromatic heterocycles. The van der Waals surface area contributed by atoms with E-state index in [4.69, 9.17) is 16.9 Å². The van der Waals surface area contributed by atoms with Gasteiger partial charge >= 0.3 is 0 Å². The Bertz CT molecular complexity index is 695. The topological polar surface area (TPSA) is 109 Å². The van der Waals surface area contributed by atoms with Crippen LogP contribution in [0, 0.1) is 11.3 Å². The molecule has 7 heteroatoms. The highest BCUT2D eigenvalue weighted by Crippen LogP contribution is 2.25. The molecule has 6 nitrogen and oxygen atoms in total. The van der Waals surface area contributed by atoms with Crippen LogP contribution >= 0.6 is 11.3 Å². The highest BCUT2D eigenvalue weighted by molar-refractivity contribution is 7.20. The highest BCUT2D eigenvalue weighted by Gasteiger charge is 2.27. The van der Waals surface area contributed by atoms with Crippen LogP contribution < -0.4 is 11.5 Å². The van der Waals surface area contributed by atoms with E-state index in [-0.39, 0.29) is 11.7 Å². The van der Waals surface area contributed by atoms with E-state index < -0.39 is 6.04 Å². The minimum atomic E-state index is -0.549. The van der Waals surface area contributed by atoms with Gasteiger partial charge in [-0.05, 0) is 37.3 Å². The number of carbonyl (C=O) groups excluding carboxylic acids is 1. The number of ketones is 1. The highest BCUT2D eigenvalue weighted by atomic mass is 32.1. The summed E-state index contributed by atoms with van der Waals surface area (Å²) >= 11 is 1.40.